The molecular weight excluding hydrogens is 376 g/mol. The summed E-state index contributed by atoms with van der Waals surface area (Å²) >= 11 is 0. The molecule has 0 unspecified atom stereocenters. The molecule has 0 aromatic carbocycles. The van der Waals surface area contributed by atoms with Crippen LogP contribution in [0.4, 0.5) is 11.6 Å². The van der Waals surface area contributed by atoms with Gasteiger partial charge in [-0.1, -0.05) is 6.07 Å². The zero-order chi connectivity index (χ0) is 20.8. The Hall–Kier alpha value is -2.47. The van der Waals surface area contributed by atoms with Gasteiger partial charge in [-0.15, -0.1) is 0 Å². The van der Waals surface area contributed by atoms with E-state index in [1.165, 1.54) is 5.56 Å². The van der Waals surface area contributed by atoms with E-state index in [4.69, 9.17) is 4.74 Å². The van der Waals surface area contributed by atoms with Gasteiger partial charge in [-0.2, -0.15) is 0 Å². The maximum Gasteiger partial charge on any atom is 0.225 e. The summed E-state index contributed by atoms with van der Waals surface area (Å²) in [5.41, 5.74) is 2.40. The van der Waals surface area contributed by atoms with Gasteiger partial charge in [-0.3, -0.25) is 4.79 Å². The van der Waals surface area contributed by atoms with Gasteiger partial charge in [0, 0.05) is 44.6 Å². The normalized spacial score (nSPS) is 18.4. The van der Waals surface area contributed by atoms with Gasteiger partial charge in [0.15, 0.2) is 0 Å². The smallest absolute Gasteiger partial charge is 0.225 e. The minimum absolute atomic E-state index is 0.181. The van der Waals surface area contributed by atoms with E-state index >= 15 is 0 Å². The van der Waals surface area contributed by atoms with Crippen molar-refractivity contribution in [2.24, 2.45) is 11.8 Å². The number of pyridine rings is 2. The van der Waals surface area contributed by atoms with Crippen molar-refractivity contribution in [3.63, 3.8) is 0 Å². The van der Waals surface area contributed by atoms with E-state index < -0.39 is 0 Å². The Morgan fingerprint density at radius 2 is 1.93 bits per heavy atom. The molecule has 0 saturated carbocycles. The average Bonchev–Trinajstić information content (AvgIpc) is 2.80. The van der Waals surface area contributed by atoms with Crippen molar-refractivity contribution < 1.29 is 9.53 Å². The Kier molecular flexibility index (Phi) is 6.95. The number of carbonyl (C=O) groups excluding carboxylic acids is 1. The van der Waals surface area contributed by atoms with Crippen molar-refractivity contribution in [3.8, 4) is 0 Å². The van der Waals surface area contributed by atoms with Gasteiger partial charge in [0.2, 0.25) is 5.91 Å². The van der Waals surface area contributed by atoms with Gasteiger partial charge >= 0.3 is 0 Å². The first-order chi connectivity index (χ1) is 14.7. The molecule has 2 aliphatic heterocycles. The number of piperidine rings is 1. The van der Waals surface area contributed by atoms with Crippen LogP contribution in [-0.2, 0) is 16.0 Å². The van der Waals surface area contributed by atoms with Crippen molar-refractivity contribution in [3.05, 3.63) is 47.8 Å². The predicted molar refractivity (Wildman–Crippen MR) is 118 cm³/mol. The summed E-state index contributed by atoms with van der Waals surface area (Å²) in [5.74, 6) is 2.91. The highest BCUT2D eigenvalue weighted by Gasteiger charge is 2.29. The minimum atomic E-state index is 0.181. The van der Waals surface area contributed by atoms with Crippen LogP contribution in [0.25, 0.3) is 0 Å². The van der Waals surface area contributed by atoms with Crippen LogP contribution < -0.4 is 5.32 Å². The number of likely N-dealkylation sites (tertiary alicyclic amines) is 1. The quantitative estimate of drug-likeness (QED) is 0.779. The highest BCUT2D eigenvalue weighted by Crippen LogP contribution is 2.26. The van der Waals surface area contributed by atoms with Crippen LogP contribution in [0.3, 0.4) is 0 Å². The molecule has 30 heavy (non-hydrogen) atoms. The lowest BCUT2D eigenvalue weighted by Crippen LogP contribution is -2.43. The zero-order valence-corrected chi connectivity index (χ0v) is 17.8. The third kappa shape index (κ3) is 5.36. The van der Waals surface area contributed by atoms with E-state index in [-0.39, 0.29) is 5.92 Å². The van der Waals surface area contributed by atoms with Gasteiger partial charge < -0.3 is 15.0 Å². The van der Waals surface area contributed by atoms with Crippen LogP contribution in [0.5, 0.6) is 0 Å². The van der Waals surface area contributed by atoms with Crippen molar-refractivity contribution in [2.75, 3.05) is 31.6 Å². The number of hydrogen-bond acceptors (Lipinski definition) is 5. The first-order valence-electron chi connectivity index (χ1n) is 11.2. The van der Waals surface area contributed by atoms with Crippen LogP contribution in [-0.4, -0.2) is 47.1 Å². The summed E-state index contributed by atoms with van der Waals surface area (Å²) in [6, 6.07) is 8.20. The summed E-state index contributed by atoms with van der Waals surface area (Å²) in [4.78, 5) is 23.6. The monoisotopic (exact) mass is 408 g/mol. The summed E-state index contributed by atoms with van der Waals surface area (Å²) < 4.78 is 5.39. The Labute approximate surface area is 179 Å². The molecule has 1 amide bonds. The van der Waals surface area contributed by atoms with E-state index in [0.717, 1.165) is 82.0 Å². The van der Waals surface area contributed by atoms with Gasteiger partial charge in [-0.25, -0.2) is 9.97 Å². The number of hydrogen-bond donors (Lipinski definition) is 1. The highest BCUT2D eigenvalue weighted by molar-refractivity contribution is 5.79. The maximum absolute atomic E-state index is 12.7. The average molecular weight is 409 g/mol. The van der Waals surface area contributed by atoms with Crippen LogP contribution in [0, 0.1) is 18.8 Å². The molecule has 4 heterocycles. The zero-order valence-electron chi connectivity index (χ0n) is 17.8. The maximum atomic E-state index is 12.7. The number of rotatable bonds is 6. The number of carbonyl (C=O) groups is 1. The molecule has 2 fully saturated rings. The third-order valence-corrected chi connectivity index (χ3v) is 6.42. The number of nitrogens with zero attached hydrogens (tertiary/aromatic N) is 3. The highest BCUT2D eigenvalue weighted by atomic mass is 16.5. The Bertz CT molecular complexity index is 843. The fraction of sp³-hybridized carbons (Fsp3) is 0.542. The molecule has 1 N–H and O–H groups in total. The fourth-order valence-electron chi connectivity index (χ4n) is 4.45. The largest absolute Gasteiger partial charge is 0.381 e. The molecule has 0 atom stereocenters. The van der Waals surface area contributed by atoms with Gasteiger partial charge in [0.25, 0.3) is 0 Å². The number of anilines is 2. The van der Waals surface area contributed by atoms with Crippen molar-refractivity contribution >= 4 is 17.5 Å². The molecular formula is C24H32N4O2. The van der Waals surface area contributed by atoms with E-state index in [1.807, 2.05) is 25.3 Å². The minimum Gasteiger partial charge on any atom is -0.381 e. The fourth-order valence-corrected chi connectivity index (χ4v) is 4.45. The standard InChI is InChI=1S/C24H32N4O2/c1-18-3-2-11-26-23(18)27-22-17-20(6-12-25-22)5-4-19-7-13-28(14-8-19)24(29)21-9-15-30-16-10-21/h2-3,6,11-12,17,19,21H,4-5,7-10,13-16H2,1H3,(H,25,26,27). The molecule has 2 aromatic heterocycles. The topological polar surface area (TPSA) is 67.4 Å². The van der Waals surface area contributed by atoms with E-state index in [0.29, 0.717) is 11.8 Å². The SMILES string of the molecule is Cc1cccnc1Nc1cc(CCC2CCN(C(=O)C3CCOCC3)CC2)ccn1. The molecule has 0 aliphatic carbocycles. The van der Waals surface area contributed by atoms with Gasteiger partial charge in [-0.05, 0) is 80.7 Å². The van der Waals surface area contributed by atoms with Crippen LogP contribution >= 0.6 is 0 Å². The van der Waals surface area contributed by atoms with Crippen molar-refractivity contribution in [2.45, 2.75) is 45.4 Å². The molecule has 0 radical (unpaired) electrons. The molecule has 4 rings (SSSR count). The second-order valence-corrected chi connectivity index (χ2v) is 8.54. The summed E-state index contributed by atoms with van der Waals surface area (Å²) in [6.07, 6.45) is 9.84. The van der Waals surface area contributed by atoms with Crippen molar-refractivity contribution in [1.29, 1.82) is 0 Å². The van der Waals surface area contributed by atoms with Gasteiger partial charge in [0.05, 0.1) is 0 Å². The Balaban J connectivity index is 1.25. The molecule has 2 aromatic rings. The number of aromatic nitrogens is 2. The molecule has 2 aliphatic rings. The lowest BCUT2D eigenvalue weighted by molar-refractivity contribution is -0.140. The summed E-state index contributed by atoms with van der Waals surface area (Å²) in [5, 5.41) is 3.32. The van der Waals surface area contributed by atoms with E-state index in [2.05, 4.69) is 32.3 Å². The number of nitrogens with one attached hydrogen (secondary N) is 1. The van der Waals surface area contributed by atoms with Crippen LogP contribution in [0.1, 0.15) is 43.2 Å². The third-order valence-electron chi connectivity index (χ3n) is 6.42. The molecule has 6 nitrogen and oxygen atoms in total. The molecule has 160 valence electrons. The molecule has 2 saturated heterocycles. The lowest BCUT2D eigenvalue weighted by atomic mass is 9.89. The number of aryl methyl sites for hydroxylation is 2. The van der Waals surface area contributed by atoms with Crippen LogP contribution in [0.2, 0.25) is 0 Å². The molecule has 0 bridgehead atoms. The van der Waals surface area contributed by atoms with Gasteiger partial charge in [0.1, 0.15) is 11.6 Å². The number of ether oxygens (including phenoxy) is 1. The number of amides is 1. The summed E-state index contributed by atoms with van der Waals surface area (Å²) in [6.45, 7) is 5.31. The summed E-state index contributed by atoms with van der Waals surface area (Å²) in [7, 11) is 0. The lowest BCUT2D eigenvalue weighted by Gasteiger charge is -2.35. The van der Waals surface area contributed by atoms with E-state index in [1.54, 1.807) is 6.20 Å². The first-order valence-corrected chi connectivity index (χ1v) is 11.2. The second-order valence-electron chi connectivity index (χ2n) is 8.54. The second kappa shape index (κ2) is 10.0. The predicted octanol–water partition coefficient (Wildman–Crippen LogP) is 4.13. The van der Waals surface area contributed by atoms with Crippen LogP contribution in [0.15, 0.2) is 36.7 Å². The van der Waals surface area contributed by atoms with Crippen molar-refractivity contribution in [1.82, 2.24) is 14.9 Å². The first kappa shape index (κ1) is 20.8. The molecule has 6 heteroatoms. The molecule has 0 spiro atoms. The Morgan fingerprint density at radius 3 is 2.70 bits per heavy atom. The van der Waals surface area contributed by atoms with E-state index in [9.17, 15) is 4.79 Å². The Morgan fingerprint density at radius 1 is 1.13 bits per heavy atom.